The molecule has 0 radical (unpaired) electrons. The lowest BCUT2D eigenvalue weighted by Gasteiger charge is -2.32. The smallest absolute Gasteiger partial charge is 0.272 e. The number of amides is 2. The van der Waals surface area contributed by atoms with Crippen LogP contribution in [0.15, 0.2) is 12.3 Å². The quantitative estimate of drug-likeness (QED) is 0.863. The van der Waals surface area contributed by atoms with Gasteiger partial charge in [0.15, 0.2) is 0 Å². The molecule has 0 spiro atoms. The van der Waals surface area contributed by atoms with Gasteiger partial charge in [0.1, 0.15) is 5.69 Å². The summed E-state index contributed by atoms with van der Waals surface area (Å²) >= 11 is 0. The minimum absolute atomic E-state index is 0.0895. The van der Waals surface area contributed by atoms with Gasteiger partial charge in [-0.25, -0.2) is 0 Å². The Labute approximate surface area is 142 Å². The number of likely N-dealkylation sites (tertiary alicyclic amines) is 1. The number of carbonyl (C=O) groups excluding carboxylic acids is 2. The van der Waals surface area contributed by atoms with E-state index in [4.69, 9.17) is 0 Å². The second-order valence-corrected chi connectivity index (χ2v) is 7.73. The summed E-state index contributed by atoms with van der Waals surface area (Å²) in [7, 11) is 0. The van der Waals surface area contributed by atoms with Gasteiger partial charge in [0.25, 0.3) is 5.91 Å². The van der Waals surface area contributed by atoms with Gasteiger partial charge in [0, 0.05) is 31.2 Å². The van der Waals surface area contributed by atoms with Crippen molar-refractivity contribution in [2.45, 2.75) is 57.7 Å². The number of aromatic nitrogens is 2. The molecule has 0 bridgehead atoms. The molecule has 132 valence electrons. The largest absolute Gasteiger partial charge is 0.346 e. The highest BCUT2D eigenvalue weighted by molar-refractivity contribution is 5.93. The number of piperidine rings is 1. The molecule has 2 aliphatic rings. The van der Waals surface area contributed by atoms with Crippen molar-refractivity contribution in [1.29, 1.82) is 0 Å². The Balaban J connectivity index is 1.60. The van der Waals surface area contributed by atoms with E-state index in [0.29, 0.717) is 24.7 Å². The zero-order chi connectivity index (χ0) is 17.3. The van der Waals surface area contributed by atoms with Gasteiger partial charge in [-0.2, -0.15) is 5.10 Å². The molecule has 2 aliphatic heterocycles. The molecule has 2 saturated heterocycles. The van der Waals surface area contributed by atoms with Crippen LogP contribution in [0, 0.1) is 0 Å². The average molecular weight is 333 g/mol. The van der Waals surface area contributed by atoms with Gasteiger partial charge in [-0.3, -0.25) is 14.3 Å². The second-order valence-electron chi connectivity index (χ2n) is 7.73. The maximum atomic E-state index is 12.4. The lowest BCUT2D eigenvalue weighted by Crippen LogP contribution is -2.44. The topological polar surface area (TPSA) is 79.3 Å². The molecule has 2 unspecified atom stereocenters. The van der Waals surface area contributed by atoms with Gasteiger partial charge in [-0.15, -0.1) is 0 Å². The Morgan fingerprint density at radius 1 is 1.42 bits per heavy atom. The predicted molar refractivity (Wildman–Crippen MR) is 90.7 cm³/mol. The standard InChI is InChI=1S/C17H27N5O2/c1-17(2,3)21-11-12(9-15(21)23)19-16(24)14-6-8-22(20-14)13-5-4-7-18-10-13/h6,8,12-13,18H,4-5,7,9-11H2,1-3H3,(H,19,24). The summed E-state index contributed by atoms with van der Waals surface area (Å²) in [5.74, 6) is -0.113. The Morgan fingerprint density at radius 2 is 2.21 bits per heavy atom. The Kier molecular flexibility index (Phi) is 4.62. The zero-order valence-electron chi connectivity index (χ0n) is 14.7. The van der Waals surface area contributed by atoms with E-state index < -0.39 is 0 Å². The van der Waals surface area contributed by atoms with Crippen LogP contribution in [0.2, 0.25) is 0 Å². The number of nitrogens with one attached hydrogen (secondary N) is 2. The van der Waals surface area contributed by atoms with E-state index in [1.807, 2.05) is 36.5 Å². The SMILES string of the molecule is CC(C)(C)N1CC(NC(=O)c2ccn(C3CCCNC3)n2)CC1=O. The Morgan fingerprint density at radius 3 is 2.83 bits per heavy atom. The van der Waals surface area contributed by atoms with E-state index in [9.17, 15) is 9.59 Å². The van der Waals surface area contributed by atoms with Crippen molar-refractivity contribution in [1.82, 2.24) is 25.3 Å². The molecule has 1 aromatic heterocycles. The van der Waals surface area contributed by atoms with Gasteiger partial charge in [0.05, 0.1) is 12.1 Å². The summed E-state index contributed by atoms with van der Waals surface area (Å²) in [6.45, 7) is 8.52. The van der Waals surface area contributed by atoms with E-state index in [-0.39, 0.29) is 23.4 Å². The van der Waals surface area contributed by atoms with Crippen LogP contribution >= 0.6 is 0 Å². The van der Waals surface area contributed by atoms with Crippen molar-refractivity contribution in [3.8, 4) is 0 Å². The van der Waals surface area contributed by atoms with Crippen molar-refractivity contribution >= 4 is 11.8 Å². The van der Waals surface area contributed by atoms with Crippen molar-refractivity contribution in [2.75, 3.05) is 19.6 Å². The number of hydrogen-bond donors (Lipinski definition) is 2. The highest BCUT2D eigenvalue weighted by Crippen LogP contribution is 2.22. The van der Waals surface area contributed by atoms with Crippen LogP contribution in [0.5, 0.6) is 0 Å². The Bertz CT molecular complexity index is 613. The summed E-state index contributed by atoms with van der Waals surface area (Å²) in [5, 5.41) is 10.7. The van der Waals surface area contributed by atoms with Crippen LogP contribution in [-0.2, 0) is 4.79 Å². The van der Waals surface area contributed by atoms with Gasteiger partial charge >= 0.3 is 0 Å². The normalized spacial score (nSPS) is 25.1. The van der Waals surface area contributed by atoms with E-state index in [0.717, 1.165) is 25.9 Å². The second kappa shape index (κ2) is 6.55. The van der Waals surface area contributed by atoms with Crippen LogP contribution in [0.1, 0.15) is 56.6 Å². The minimum atomic E-state index is -0.216. The molecule has 24 heavy (non-hydrogen) atoms. The van der Waals surface area contributed by atoms with Crippen molar-refractivity contribution < 1.29 is 9.59 Å². The number of hydrogen-bond acceptors (Lipinski definition) is 4. The van der Waals surface area contributed by atoms with Crippen LogP contribution in [0.4, 0.5) is 0 Å². The molecule has 2 fully saturated rings. The Hall–Kier alpha value is -1.89. The first-order chi connectivity index (χ1) is 11.3. The van der Waals surface area contributed by atoms with E-state index in [1.165, 1.54) is 0 Å². The highest BCUT2D eigenvalue weighted by atomic mass is 16.2. The molecule has 2 atom stereocenters. The molecule has 7 heteroatoms. The molecule has 3 heterocycles. The van der Waals surface area contributed by atoms with Crippen molar-refractivity contribution in [3.63, 3.8) is 0 Å². The fraction of sp³-hybridized carbons (Fsp3) is 0.706. The van der Waals surface area contributed by atoms with Gasteiger partial charge in [-0.05, 0) is 46.2 Å². The number of nitrogens with zero attached hydrogens (tertiary/aromatic N) is 3. The van der Waals surface area contributed by atoms with Gasteiger partial charge in [0.2, 0.25) is 5.91 Å². The number of rotatable bonds is 3. The summed E-state index contributed by atoms with van der Waals surface area (Å²) in [6, 6.07) is 1.91. The van der Waals surface area contributed by atoms with Crippen LogP contribution in [0.25, 0.3) is 0 Å². The van der Waals surface area contributed by atoms with Crippen LogP contribution < -0.4 is 10.6 Å². The first kappa shape index (κ1) is 17.0. The van der Waals surface area contributed by atoms with E-state index >= 15 is 0 Å². The molecule has 2 N–H and O–H groups in total. The molecule has 7 nitrogen and oxygen atoms in total. The molecule has 0 aliphatic carbocycles. The molecule has 0 aromatic carbocycles. The third kappa shape index (κ3) is 3.61. The first-order valence-electron chi connectivity index (χ1n) is 8.72. The predicted octanol–water partition coefficient (Wildman–Crippen LogP) is 0.937. The van der Waals surface area contributed by atoms with Gasteiger partial charge in [-0.1, -0.05) is 0 Å². The number of carbonyl (C=O) groups is 2. The van der Waals surface area contributed by atoms with E-state index in [1.54, 1.807) is 6.07 Å². The highest BCUT2D eigenvalue weighted by Gasteiger charge is 2.37. The summed E-state index contributed by atoms with van der Waals surface area (Å²) < 4.78 is 1.88. The molecular weight excluding hydrogens is 306 g/mol. The lowest BCUT2D eigenvalue weighted by atomic mass is 10.1. The summed E-state index contributed by atoms with van der Waals surface area (Å²) in [5.41, 5.74) is 0.203. The summed E-state index contributed by atoms with van der Waals surface area (Å²) in [6.07, 6.45) is 4.43. The van der Waals surface area contributed by atoms with Crippen molar-refractivity contribution in [2.24, 2.45) is 0 Å². The van der Waals surface area contributed by atoms with Gasteiger partial charge < -0.3 is 15.5 Å². The van der Waals surface area contributed by atoms with Crippen LogP contribution in [-0.4, -0.2) is 57.7 Å². The maximum Gasteiger partial charge on any atom is 0.272 e. The fourth-order valence-corrected chi connectivity index (χ4v) is 3.43. The molecule has 1 aromatic rings. The lowest BCUT2D eigenvalue weighted by molar-refractivity contribution is -0.131. The fourth-order valence-electron chi connectivity index (χ4n) is 3.43. The third-order valence-electron chi connectivity index (χ3n) is 4.76. The summed E-state index contributed by atoms with van der Waals surface area (Å²) in [4.78, 5) is 26.4. The monoisotopic (exact) mass is 333 g/mol. The molecule has 3 rings (SSSR count). The minimum Gasteiger partial charge on any atom is -0.346 e. The zero-order valence-corrected chi connectivity index (χ0v) is 14.7. The first-order valence-corrected chi connectivity index (χ1v) is 8.72. The van der Waals surface area contributed by atoms with Crippen LogP contribution in [0.3, 0.4) is 0 Å². The maximum absolute atomic E-state index is 12.4. The van der Waals surface area contributed by atoms with E-state index in [2.05, 4.69) is 15.7 Å². The third-order valence-corrected chi connectivity index (χ3v) is 4.76. The molecular formula is C17H27N5O2. The van der Waals surface area contributed by atoms with Crippen molar-refractivity contribution in [3.05, 3.63) is 18.0 Å². The molecule has 0 saturated carbocycles. The average Bonchev–Trinajstić information content (AvgIpc) is 3.14. The molecule has 2 amide bonds.